The molecule has 1 aromatic heterocycles. The first kappa shape index (κ1) is 12.7. The van der Waals surface area contributed by atoms with Crippen LogP contribution in [0.25, 0.3) is 0 Å². The maximum atomic E-state index is 5.92. The summed E-state index contributed by atoms with van der Waals surface area (Å²) in [6.07, 6.45) is 4.16. The Kier molecular flexibility index (Phi) is 4.05. The molecule has 0 aliphatic rings. The largest absolute Gasteiger partial charge is 0.494 e. The molecule has 2 N–H and O–H groups in total. The molecule has 2 rings (SSSR count). The Morgan fingerprint density at radius 3 is 2.72 bits per heavy atom. The van der Waals surface area contributed by atoms with Crippen molar-refractivity contribution < 1.29 is 4.74 Å². The van der Waals surface area contributed by atoms with Gasteiger partial charge in [-0.25, -0.2) is 0 Å². The average molecular weight is 244 g/mol. The number of rotatable bonds is 5. The molecule has 0 aliphatic heterocycles. The van der Waals surface area contributed by atoms with Crippen molar-refractivity contribution in [1.29, 1.82) is 0 Å². The molecule has 0 saturated heterocycles. The Morgan fingerprint density at radius 2 is 2.11 bits per heavy atom. The predicted octanol–water partition coefficient (Wildman–Crippen LogP) is 2.51. The molecule has 1 atom stereocenters. The van der Waals surface area contributed by atoms with Gasteiger partial charge >= 0.3 is 0 Å². The fourth-order valence-corrected chi connectivity index (χ4v) is 2.18. The SMILES string of the molecule is CCOc1cccc(C(CN)c2ccn(C)c2)c1. The minimum atomic E-state index is 0.228. The van der Waals surface area contributed by atoms with Crippen molar-refractivity contribution in [3.05, 3.63) is 53.9 Å². The van der Waals surface area contributed by atoms with E-state index >= 15 is 0 Å². The Hall–Kier alpha value is -1.74. The number of ether oxygens (including phenoxy) is 1. The molecule has 1 aromatic carbocycles. The molecule has 3 heteroatoms. The van der Waals surface area contributed by atoms with Crippen LogP contribution in [0.3, 0.4) is 0 Å². The fraction of sp³-hybridized carbons (Fsp3) is 0.333. The Labute approximate surface area is 108 Å². The minimum absolute atomic E-state index is 0.228. The van der Waals surface area contributed by atoms with Crippen molar-refractivity contribution in [2.45, 2.75) is 12.8 Å². The number of benzene rings is 1. The summed E-state index contributed by atoms with van der Waals surface area (Å²) in [5, 5.41) is 0. The summed E-state index contributed by atoms with van der Waals surface area (Å²) in [4.78, 5) is 0. The molecule has 96 valence electrons. The van der Waals surface area contributed by atoms with Crippen molar-refractivity contribution in [1.82, 2.24) is 4.57 Å². The van der Waals surface area contributed by atoms with E-state index in [-0.39, 0.29) is 5.92 Å². The number of nitrogens with zero attached hydrogens (tertiary/aromatic N) is 1. The van der Waals surface area contributed by atoms with Crippen LogP contribution in [-0.4, -0.2) is 17.7 Å². The lowest BCUT2D eigenvalue weighted by atomic mass is 9.93. The van der Waals surface area contributed by atoms with Crippen molar-refractivity contribution in [2.75, 3.05) is 13.2 Å². The molecule has 18 heavy (non-hydrogen) atoms. The zero-order valence-electron chi connectivity index (χ0n) is 11.0. The van der Waals surface area contributed by atoms with Crippen LogP contribution in [0.2, 0.25) is 0 Å². The Balaban J connectivity index is 2.29. The maximum Gasteiger partial charge on any atom is 0.119 e. The highest BCUT2D eigenvalue weighted by Crippen LogP contribution is 2.26. The van der Waals surface area contributed by atoms with Crippen LogP contribution in [0.4, 0.5) is 0 Å². The van der Waals surface area contributed by atoms with Crippen molar-refractivity contribution >= 4 is 0 Å². The predicted molar refractivity (Wildman–Crippen MR) is 73.9 cm³/mol. The van der Waals surface area contributed by atoms with Gasteiger partial charge in [-0.1, -0.05) is 12.1 Å². The first-order chi connectivity index (χ1) is 8.74. The third-order valence-corrected chi connectivity index (χ3v) is 3.06. The molecule has 0 spiro atoms. The van der Waals surface area contributed by atoms with Gasteiger partial charge in [-0.05, 0) is 36.2 Å². The number of aryl methyl sites for hydroxylation is 1. The van der Waals surface area contributed by atoms with Crippen LogP contribution in [0.15, 0.2) is 42.7 Å². The zero-order valence-corrected chi connectivity index (χ0v) is 11.0. The molecule has 0 radical (unpaired) electrons. The van der Waals surface area contributed by atoms with E-state index in [1.165, 1.54) is 11.1 Å². The van der Waals surface area contributed by atoms with Crippen LogP contribution in [0, 0.1) is 0 Å². The van der Waals surface area contributed by atoms with E-state index in [0.29, 0.717) is 13.2 Å². The molecular weight excluding hydrogens is 224 g/mol. The number of hydrogen-bond acceptors (Lipinski definition) is 2. The normalized spacial score (nSPS) is 12.4. The average Bonchev–Trinajstić information content (AvgIpc) is 2.78. The molecule has 3 nitrogen and oxygen atoms in total. The zero-order chi connectivity index (χ0) is 13.0. The van der Waals surface area contributed by atoms with Crippen molar-refractivity contribution in [2.24, 2.45) is 12.8 Å². The Bertz CT molecular complexity index is 505. The first-order valence-electron chi connectivity index (χ1n) is 6.29. The summed E-state index contributed by atoms with van der Waals surface area (Å²) in [6.45, 7) is 3.27. The van der Waals surface area contributed by atoms with Gasteiger partial charge in [-0.3, -0.25) is 0 Å². The van der Waals surface area contributed by atoms with E-state index in [0.717, 1.165) is 5.75 Å². The monoisotopic (exact) mass is 244 g/mol. The summed E-state index contributed by atoms with van der Waals surface area (Å²) in [5.74, 6) is 1.14. The van der Waals surface area contributed by atoms with E-state index in [1.807, 2.05) is 36.9 Å². The van der Waals surface area contributed by atoms with E-state index in [1.54, 1.807) is 0 Å². The molecule has 0 fully saturated rings. The van der Waals surface area contributed by atoms with Crippen LogP contribution in [-0.2, 0) is 7.05 Å². The standard InChI is InChI=1S/C15H20N2O/c1-3-18-14-6-4-5-12(9-14)15(10-16)13-7-8-17(2)11-13/h4-9,11,15H,3,10,16H2,1-2H3. The second kappa shape index (κ2) is 5.74. The van der Waals surface area contributed by atoms with Gasteiger partial charge in [0, 0.05) is 31.9 Å². The van der Waals surface area contributed by atoms with Gasteiger partial charge < -0.3 is 15.0 Å². The topological polar surface area (TPSA) is 40.2 Å². The van der Waals surface area contributed by atoms with Gasteiger partial charge in [-0.15, -0.1) is 0 Å². The first-order valence-corrected chi connectivity index (χ1v) is 6.29. The number of aromatic nitrogens is 1. The van der Waals surface area contributed by atoms with E-state index in [4.69, 9.17) is 10.5 Å². The molecule has 1 unspecified atom stereocenters. The molecule has 0 bridgehead atoms. The molecule has 2 aromatic rings. The Morgan fingerprint density at radius 1 is 1.28 bits per heavy atom. The lowest BCUT2D eigenvalue weighted by Crippen LogP contribution is -2.13. The van der Waals surface area contributed by atoms with Gasteiger partial charge in [0.25, 0.3) is 0 Å². The van der Waals surface area contributed by atoms with E-state index in [2.05, 4.69) is 24.4 Å². The van der Waals surface area contributed by atoms with Crippen LogP contribution >= 0.6 is 0 Å². The smallest absolute Gasteiger partial charge is 0.119 e. The lowest BCUT2D eigenvalue weighted by Gasteiger charge is -2.15. The summed E-state index contributed by atoms with van der Waals surface area (Å²) >= 11 is 0. The van der Waals surface area contributed by atoms with Crippen LogP contribution in [0.1, 0.15) is 24.0 Å². The van der Waals surface area contributed by atoms with Gasteiger partial charge in [0.05, 0.1) is 6.61 Å². The second-order valence-corrected chi connectivity index (χ2v) is 4.40. The van der Waals surface area contributed by atoms with Gasteiger partial charge in [0.15, 0.2) is 0 Å². The summed E-state index contributed by atoms with van der Waals surface area (Å²) < 4.78 is 7.58. The molecule has 0 aliphatic carbocycles. The fourth-order valence-electron chi connectivity index (χ4n) is 2.18. The highest BCUT2D eigenvalue weighted by atomic mass is 16.5. The molecular formula is C15H20N2O. The van der Waals surface area contributed by atoms with Gasteiger partial charge in [0.2, 0.25) is 0 Å². The van der Waals surface area contributed by atoms with E-state index < -0.39 is 0 Å². The van der Waals surface area contributed by atoms with Crippen molar-refractivity contribution in [3.8, 4) is 5.75 Å². The van der Waals surface area contributed by atoms with Crippen LogP contribution in [0.5, 0.6) is 5.75 Å². The second-order valence-electron chi connectivity index (χ2n) is 4.40. The number of nitrogens with two attached hydrogens (primary N) is 1. The minimum Gasteiger partial charge on any atom is -0.494 e. The quantitative estimate of drug-likeness (QED) is 0.878. The molecule has 0 amide bonds. The lowest BCUT2D eigenvalue weighted by molar-refractivity contribution is 0.340. The van der Waals surface area contributed by atoms with Gasteiger partial charge in [-0.2, -0.15) is 0 Å². The van der Waals surface area contributed by atoms with Crippen LogP contribution < -0.4 is 10.5 Å². The summed E-state index contributed by atoms with van der Waals surface area (Å²) in [5.41, 5.74) is 8.37. The van der Waals surface area contributed by atoms with Gasteiger partial charge in [0.1, 0.15) is 5.75 Å². The molecule has 1 heterocycles. The van der Waals surface area contributed by atoms with Crippen molar-refractivity contribution in [3.63, 3.8) is 0 Å². The highest BCUT2D eigenvalue weighted by molar-refractivity contribution is 5.37. The maximum absolute atomic E-state index is 5.92. The van der Waals surface area contributed by atoms with E-state index in [9.17, 15) is 0 Å². The summed E-state index contributed by atoms with van der Waals surface area (Å²) in [6, 6.07) is 10.3. The molecule has 0 saturated carbocycles. The third kappa shape index (κ3) is 2.74. The highest BCUT2D eigenvalue weighted by Gasteiger charge is 2.13. The number of hydrogen-bond donors (Lipinski definition) is 1. The third-order valence-electron chi connectivity index (χ3n) is 3.06. The summed E-state index contributed by atoms with van der Waals surface area (Å²) in [7, 11) is 2.02.